The summed E-state index contributed by atoms with van der Waals surface area (Å²) in [5.74, 6) is 0. The van der Waals surface area contributed by atoms with Crippen molar-refractivity contribution in [3.05, 3.63) is 52.4 Å². The number of aryl methyl sites for hydroxylation is 1. The maximum Gasteiger partial charge on any atom is 0.103 e. The molecule has 3 rings (SSSR count). The molecule has 0 fully saturated rings. The molecule has 0 saturated heterocycles. The highest BCUT2D eigenvalue weighted by molar-refractivity contribution is 6.31. The molecule has 0 saturated carbocycles. The summed E-state index contributed by atoms with van der Waals surface area (Å²) in [6.45, 7) is 2.59. The first kappa shape index (κ1) is 14.4. The minimum Gasteiger partial charge on any atom is -0.379 e. The third-order valence-corrected chi connectivity index (χ3v) is 3.98. The third-order valence-electron chi connectivity index (χ3n) is 3.74. The molecule has 0 spiro atoms. The van der Waals surface area contributed by atoms with Crippen LogP contribution in [0.2, 0.25) is 5.02 Å². The summed E-state index contributed by atoms with van der Waals surface area (Å²) in [7, 11) is 1.90. The van der Waals surface area contributed by atoms with Gasteiger partial charge in [0.2, 0.25) is 0 Å². The standard InChI is InChI=1S/C16H14ClN5/c1-10-12(9-21-22(10)2)8-20-16-11(6-18)7-19-15-4-3-13(17)5-14(15)16/h3-5,7,9H,8H2,1-2H3,(H,19,20). The zero-order valence-electron chi connectivity index (χ0n) is 12.3. The molecule has 0 bridgehead atoms. The molecule has 3 aromatic rings. The second kappa shape index (κ2) is 5.66. The number of anilines is 1. The Morgan fingerprint density at radius 2 is 2.18 bits per heavy atom. The lowest BCUT2D eigenvalue weighted by atomic mass is 10.1. The molecule has 0 radical (unpaired) electrons. The van der Waals surface area contributed by atoms with Crippen LogP contribution in [0.4, 0.5) is 5.69 Å². The number of fused-ring (bicyclic) bond motifs is 1. The Bertz CT molecular complexity index is 891. The molecule has 110 valence electrons. The molecule has 0 atom stereocenters. The zero-order chi connectivity index (χ0) is 15.7. The number of benzene rings is 1. The van der Waals surface area contributed by atoms with Gasteiger partial charge in [-0.15, -0.1) is 0 Å². The molecule has 1 N–H and O–H groups in total. The fraction of sp³-hybridized carbons (Fsp3) is 0.188. The van der Waals surface area contributed by atoms with Gasteiger partial charge >= 0.3 is 0 Å². The van der Waals surface area contributed by atoms with Crippen LogP contribution < -0.4 is 5.32 Å². The third kappa shape index (κ3) is 2.49. The van der Waals surface area contributed by atoms with Gasteiger partial charge in [-0.25, -0.2) is 0 Å². The van der Waals surface area contributed by atoms with E-state index >= 15 is 0 Å². The van der Waals surface area contributed by atoms with Crippen LogP contribution in [0.25, 0.3) is 10.9 Å². The fourth-order valence-electron chi connectivity index (χ4n) is 2.34. The number of nitrogens with one attached hydrogen (secondary N) is 1. The van der Waals surface area contributed by atoms with Crippen LogP contribution in [-0.2, 0) is 13.6 Å². The van der Waals surface area contributed by atoms with Gasteiger partial charge < -0.3 is 5.32 Å². The Hall–Kier alpha value is -2.58. The van der Waals surface area contributed by atoms with Crippen LogP contribution >= 0.6 is 11.6 Å². The predicted molar refractivity (Wildman–Crippen MR) is 86.7 cm³/mol. The molecule has 0 unspecified atom stereocenters. The van der Waals surface area contributed by atoms with Crippen LogP contribution in [0, 0.1) is 18.3 Å². The van der Waals surface area contributed by atoms with Crippen molar-refractivity contribution in [3.8, 4) is 6.07 Å². The van der Waals surface area contributed by atoms with Gasteiger partial charge in [0.15, 0.2) is 0 Å². The van der Waals surface area contributed by atoms with Gasteiger partial charge in [0.25, 0.3) is 0 Å². The Kier molecular flexibility index (Phi) is 3.70. The smallest absolute Gasteiger partial charge is 0.103 e. The second-order valence-electron chi connectivity index (χ2n) is 5.05. The van der Waals surface area contributed by atoms with Crippen LogP contribution in [0.3, 0.4) is 0 Å². The highest BCUT2D eigenvalue weighted by Gasteiger charge is 2.11. The monoisotopic (exact) mass is 311 g/mol. The Morgan fingerprint density at radius 1 is 1.36 bits per heavy atom. The number of halogens is 1. The highest BCUT2D eigenvalue weighted by atomic mass is 35.5. The molecule has 6 heteroatoms. The molecule has 0 aliphatic heterocycles. The number of nitrogens with zero attached hydrogens (tertiary/aromatic N) is 4. The van der Waals surface area contributed by atoms with Gasteiger partial charge in [0, 0.05) is 41.5 Å². The first-order valence-electron chi connectivity index (χ1n) is 6.80. The van der Waals surface area contributed by atoms with E-state index in [0.29, 0.717) is 17.1 Å². The van der Waals surface area contributed by atoms with Gasteiger partial charge in [-0.05, 0) is 25.1 Å². The molecule has 1 aromatic carbocycles. The van der Waals surface area contributed by atoms with E-state index in [4.69, 9.17) is 11.6 Å². The van der Waals surface area contributed by atoms with E-state index < -0.39 is 0 Å². The summed E-state index contributed by atoms with van der Waals surface area (Å²) in [4.78, 5) is 4.29. The molecule has 0 amide bonds. The van der Waals surface area contributed by atoms with Gasteiger partial charge in [-0.3, -0.25) is 9.67 Å². The highest BCUT2D eigenvalue weighted by Crippen LogP contribution is 2.28. The molecule has 0 aliphatic rings. The topological polar surface area (TPSA) is 66.5 Å². The number of pyridine rings is 1. The minimum absolute atomic E-state index is 0.497. The SMILES string of the molecule is Cc1c(CNc2c(C#N)cnc3ccc(Cl)cc23)cnn1C. The Balaban J connectivity index is 2.03. The molecule has 2 heterocycles. The molecular weight excluding hydrogens is 298 g/mol. The average molecular weight is 312 g/mol. The molecule has 5 nitrogen and oxygen atoms in total. The molecule has 22 heavy (non-hydrogen) atoms. The van der Waals surface area contributed by atoms with E-state index in [-0.39, 0.29) is 0 Å². The van der Waals surface area contributed by atoms with E-state index in [0.717, 1.165) is 27.8 Å². The number of nitriles is 1. The fourth-order valence-corrected chi connectivity index (χ4v) is 2.51. The lowest BCUT2D eigenvalue weighted by Gasteiger charge is -2.11. The largest absolute Gasteiger partial charge is 0.379 e. The van der Waals surface area contributed by atoms with Gasteiger partial charge in [-0.1, -0.05) is 11.6 Å². The number of rotatable bonds is 3. The summed E-state index contributed by atoms with van der Waals surface area (Å²) < 4.78 is 1.82. The average Bonchev–Trinajstić information content (AvgIpc) is 2.84. The van der Waals surface area contributed by atoms with Crippen LogP contribution in [0.15, 0.2) is 30.6 Å². The summed E-state index contributed by atoms with van der Waals surface area (Å²) >= 11 is 6.08. The number of hydrogen-bond donors (Lipinski definition) is 1. The quantitative estimate of drug-likeness (QED) is 0.805. The van der Waals surface area contributed by atoms with Crippen molar-refractivity contribution in [1.29, 1.82) is 5.26 Å². The number of aromatic nitrogens is 3. The van der Waals surface area contributed by atoms with Crippen molar-refractivity contribution >= 4 is 28.2 Å². The summed E-state index contributed by atoms with van der Waals surface area (Å²) in [6.07, 6.45) is 3.40. The predicted octanol–water partition coefficient (Wildman–Crippen LogP) is 3.41. The minimum atomic E-state index is 0.497. The van der Waals surface area contributed by atoms with Crippen molar-refractivity contribution in [2.45, 2.75) is 13.5 Å². The van der Waals surface area contributed by atoms with Crippen molar-refractivity contribution in [2.75, 3.05) is 5.32 Å². The van der Waals surface area contributed by atoms with E-state index in [1.54, 1.807) is 12.3 Å². The molecule has 0 aliphatic carbocycles. The van der Waals surface area contributed by atoms with E-state index in [1.807, 2.05) is 37.0 Å². The van der Waals surface area contributed by atoms with E-state index in [2.05, 4.69) is 21.5 Å². The maximum absolute atomic E-state index is 9.32. The Morgan fingerprint density at radius 3 is 2.86 bits per heavy atom. The second-order valence-corrected chi connectivity index (χ2v) is 5.49. The van der Waals surface area contributed by atoms with Gasteiger partial charge in [0.05, 0.1) is 23.0 Å². The van der Waals surface area contributed by atoms with Crippen LogP contribution in [-0.4, -0.2) is 14.8 Å². The normalized spacial score (nSPS) is 10.6. The van der Waals surface area contributed by atoms with E-state index in [1.165, 1.54) is 0 Å². The lowest BCUT2D eigenvalue weighted by Crippen LogP contribution is -2.04. The maximum atomic E-state index is 9.32. The van der Waals surface area contributed by atoms with Gasteiger partial charge in [0.1, 0.15) is 6.07 Å². The molecule has 2 aromatic heterocycles. The van der Waals surface area contributed by atoms with Crippen molar-refractivity contribution in [3.63, 3.8) is 0 Å². The Labute approximate surface area is 133 Å². The van der Waals surface area contributed by atoms with Crippen LogP contribution in [0.5, 0.6) is 0 Å². The van der Waals surface area contributed by atoms with Crippen molar-refractivity contribution in [2.24, 2.45) is 7.05 Å². The zero-order valence-corrected chi connectivity index (χ0v) is 13.0. The van der Waals surface area contributed by atoms with Crippen molar-refractivity contribution < 1.29 is 0 Å². The van der Waals surface area contributed by atoms with Crippen LogP contribution in [0.1, 0.15) is 16.8 Å². The first-order valence-corrected chi connectivity index (χ1v) is 7.17. The molecular formula is C16H14ClN5. The first-order chi connectivity index (χ1) is 10.6. The van der Waals surface area contributed by atoms with E-state index in [9.17, 15) is 5.26 Å². The summed E-state index contributed by atoms with van der Waals surface area (Å²) in [5, 5.41) is 18.3. The summed E-state index contributed by atoms with van der Waals surface area (Å²) in [6, 6.07) is 7.63. The van der Waals surface area contributed by atoms with Gasteiger partial charge in [-0.2, -0.15) is 10.4 Å². The number of hydrogen-bond acceptors (Lipinski definition) is 4. The lowest BCUT2D eigenvalue weighted by molar-refractivity contribution is 0.738. The summed E-state index contributed by atoms with van der Waals surface area (Å²) in [5.41, 5.74) is 4.21. The van der Waals surface area contributed by atoms with Crippen molar-refractivity contribution in [1.82, 2.24) is 14.8 Å².